The van der Waals surface area contributed by atoms with Gasteiger partial charge in [0.25, 0.3) is 0 Å². The molecule has 1 saturated carbocycles. The second kappa shape index (κ2) is 6.55. The van der Waals surface area contributed by atoms with E-state index in [1.54, 1.807) is 0 Å². The van der Waals surface area contributed by atoms with E-state index in [1.165, 1.54) is 37.2 Å². The molecule has 0 bridgehead atoms. The van der Waals surface area contributed by atoms with Crippen LogP contribution in [0.3, 0.4) is 0 Å². The fraction of sp³-hybridized carbons (Fsp3) is 0.647. The number of rotatable bonds is 5. The normalized spacial score (nSPS) is 21.6. The van der Waals surface area contributed by atoms with Crippen molar-refractivity contribution in [1.29, 1.82) is 0 Å². The van der Waals surface area contributed by atoms with E-state index in [2.05, 4.69) is 34.9 Å². The molecular weight excluding hydrogens is 282 g/mol. The molecule has 2 fully saturated rings. The molecule has 1 aliphatic heterocycles. The van der Waals surface area contributed by atoms with Crippen LogP contribution in [0.1, 0.15) is 31.7 Å². The number of hydrogen-bond acceptors (Lipinski definition) is 3. The first-order chi connectivity index (χ1) is 10.2. The molecule has 4 heteroatoms. The number of hydrogen-bond donors (Lipinski definition) is 1. The zero-order chi connectivity index (χ0) is 14.8. The maximum Gasteiger partial charge on any atom is 0.0642 e. The number of nitrogens with zero attached hydrogens (tertiary/aromatic N) is 2. The van der Waals surface area contributed by atoms with Crippen LogP contribution in [0, 0.1) is 0 Å². The molecule has 21 heavy (non-hydrogen) atoms. The molecule has 2 N–H and O–H groups in total. The van der Waals surface area contributed by atoms with Gasteiger partial charge in [-0.3, -0.25) is 4.90 Å². The highest BCUT2D eigenvalue weighted by atomic mass is 35.5. The molecule has 3 nitrogen and oxygen atoms in total. The van der Waals surface area contributed by atoms with Gasteiger partial charge in [0.2, 0.25) is 0 Å². The van der Waals surface area contributed by atoms with Gasteiger partial charge in [-0.15, -0.1) is 0 Å². The summed E-state index contributed by atoms with van der Waals surface area (Å²) in [5.41, 5.74) is 8.45. The smallest absolute Gasteiger partial charge is 0.0642 e. The highest BCUT2D eigenvalue weighted by Gasteiger charge is 2.31. The molecular formula is C17H26ClN3. The average Bonchev–Trinajstić information content (AvgIpc) is 3.32. The Morgan fingerprint density at radius 1 is 1.24 bits per heavy atom. The van der Waals surface area contributed by atoms with E-state index in [9.17, 15) is 0 Å². The van der Waals surface area contributed by atoms with Crippen molar-refractivity contribution in [3.63, 3.8) is 0 Å². The van der Waals surface area contributed by atoms with Crippen molar-refractivity contribution < 1.29 is 0 Å². The summed E-state index contributed by atoms with van der Waals surface area (Å²) in [6.07, 6.45) is 4.70. The van der Waals surface area contributed by atoms with Gasteiger partial charge in [-0.05, 0) is 43.4 Å². The van der Waals surface area contributed by atoms with E-state index in [4.69, 9.17) is 17.3 Å². The molecule has 1 saturated heterocycles. The first-order valence-electron chi connectivity index (χ1n) is 8.20. The fourth-order valence-corrected chi connectivity index (χ4v) is 3.47. The van der Waals surface area contributed by atoms with Gasteiger partial charge in [-0.1, -0.05) is 24.6 Å². The third-order valence-electron chi connectivity index (χ3n) is 4.75. The van der Waals surface area contributed by atoms with Crippen LogP contribution in [0.15, 0.2) is 18.2 Å². The number of nitrogens with two attached hydrogens (primary N) is 1. The summed E-state index contributed by atoms with van der Waals surface area (Å²) in [7, 11) is 0. The third kappa shape index (κ3) is 3.71. The highest BCUT2D eigenvalue weighted by Crippen LogP contribution is 2.31. The summed E-state index contributed by atoms with van der Waals surface area (Å²) in [6.45, 7) is 6.64. The molecule has 1 atom stereocenters. The summed E-state index contributed by atoms with van der Waals surface area (Å²) in [5, 5.41) is 0.871. The van der Waals surface area contributed by atoms with Crippen LogP contribution in [0.4, 0.5) is 5.69 Å². The average molecular weight is 308 g/mol. The Bertz CT molecular complexity index is 479. The molecule has 3 rings (SSSR count). The first-order valence-corrected chi connectivity index (χ1v) is 8.58. The van der Waals surface area contributed by atoms with Gasteiger partial charge in [0.05, 0.1) is 10.7 Å². The fourth-order valence-electron chi connectivity index (χ4n) is 3.15. The Kier molecular flexibility index (Phi) is 4.72. The van der Waals surface area contributed by atoms with Gasteiger partial charge in [0.1, 0.15) is 0 Å². The second-order valence-electron chi connectivity index (χ2n) is 6.41. The number of anilines is 1. The lowest BCUT2D eigenvalue weighted by Gasteiger charge is -2.36. The molecule has 1 aromatic rings. The maximum absolute atomic E-state index is 6.50. The van der Waals surface area contributed by atoms with Gasteiger partial charge >= 0.3 is 0 Å². The van der Waals surface area contributed by atoms with E-state index in [0.29, 0.717) is 0 Å². The van der Waals surface area contributed by atoms with Gasteiger partial charge in [-0.2, -0.15) is 0 Å². The lowest BCUT2D eigenvalue weighted by atomic mass is 10.0. The minimum atomic E-state index is 0.231. The Labute approximate surface area is 133 Å². The van der Waals surface area contributed by atoms with Crippen molar-refractivity contribution in [2.75, 3.05) is 31.1 Å². The number of piperazine rings is 1. The summed E-state index contributed by atoms with van der Waals surface area (Å²) >= 11 is 6.50. The van der Waals surface area contributed by atoms with Gasteiger partial charge < -0.3 is 10.6 Å². The number of benzene rings is 1. The molecule has 0 amide bonds. The zero-order valence-corrected chi connectivity index (χ0v) is 13.6. The van der Waals surface area contributed by atoms with Crippen molar-refractivity contribution in [2.24, 2.45) is 5.73 Å². The van der Waals surface area contributed by atoms with Crippen LogP contribution in [-0.2, 0) is 6.42 Å². The standard InChI is InChI=1S/C17H26ClN3/c1-2-14(19)11-13-3-6-17(16(18)12-13)21-9-7-20(8-10-21)15-4-5-15/h3,6,12,14-15H,2,4-5,7-11,19H2,1H3. The SMILES string of the molecule is CCC(N)Cc1ccc(N2CCN(C3CC3)CC2)c(Cl)c1. The topological polar surface area (TPSA) is 32.5 Å². The molecule has 1 heterocycles. The zero-order valence-electron chi connectivity index (χ0n) is 12.9. The van der Waals surface area contributed by atoms with Crippen LogP contribution in [0.5, 0.6) is 0 Å². The maximum atomic E-state index is 6.50. The molecule has 0 spiro atoms. The first kappa shape index (κ1) is 15.1. The molecule has 0 radical (unpaired) electrons. The Morgan fingerprint density at radius 3 is 2.52 bits per heavy atom. The molecule has 0 aromatic heterocycles. The Balaban J connectivity index is 1.62. The number of halogens is 1. The summed E-state index contributed by atoms with van der Waals surface area (Å²) in [6, 6.07) is 7.56. The van der Waals surface area contributed by atoms with Crippen molar-refractivity contribution in [3.8, 4) is 0 Å². The Hall–Kier alpha value is -0.770. The minimum Gasteiger partial charge on any atom is -0.368 e. The van der Waals surface area contributed by atoms with E-state index in [1.807, 2.05) is 0 Å². The summed E-state index contributed by atoms with van der Waals surface area (Å²) in [5.74, 6) is 0. The minimum absolute atomic E-state index is 0.231. The predicted molar refractivity (Wildman–Crippen MR) is 90.2 cm³/mol. The van der Waals surface area contributed by atoms with Crippen LogP contribution in [-0.4, -0.2) is 43.2 Å². The molecule has 1 aliphatic carbocycles. The van der Waals surface area contributed by atoms with Crippen LogP contribution < -0.4 is 10.6 Å². The molecule has 2 aliphatic rings. The quantitative estimate of drug-likeness (QED) is 0.908. The monoisotopic (exact) mass is 307 g/mol. The predicted octanol–water partition coefficient (Wildman–Crippen LogP) is 2.90. The van der Waals surface area contributed by atoms with Gasteiger partial charge in [0.15, 0.2) is 0 Å². The lowest BCUT2D eigenvalue weighted by Crippen LogP contribution is -2.47. The largest absolute Gasteiger partial charge is 0.368 e. The molecule has 1 unspecified atom stereocenters. The van der Waals surface area contributed by atoms with Gasteiger partial charge in [-0.25, -0.2) is 0 Å². The second-order valence-corrected chi connectivity index (χ2v) is 6.82. The molecule has 1 aromatic carbocycles. The molecule has 116 valence electrons. The van der Waals surface area contributed by atoms with Crippen molar-refractivity contribution in [2.45, 2.75) is 44.7 Å². The summed E-state index contributed by atoms with van der Waals surface area (Å²) < 4.78 is 0. The van der Waals surface area contributed by atoms with Gasteiger partial charge in [0, 0.05) is 38.3 Å². The lowest BCUT2D eigenvalue weighted by molar-refractivity contribution is 0.248. The highest BCUT2D eigenvalue weighted by molar-refractivity contribution is 6.33. The van der Waals surface area contributed by atoms with E-state index >= 15 is 0 Å². The third-order valence-corrected chi connectivity index (χ3v) is 5.06. The van der Waals surface area contributed by atoms with Crippen LogP contribution in [0.25, 0.3) is 0 Å². The van der Waals surface area contributed by atoms with Crippen molar-refractivity contribution >= 4 is 17.3 Å². The van der Waals surface area contributed by atoms with E-state index < -0.39 is 0 Å². The van der Waals surface area contributed by atoms with E-state index in [-0.39, 0.29) is 6.04 Å². The Morgan fingerprint density at radius 2 is 1.95 bits per heavy atom. The van der Waals surface area contributed by atoms with Crippen LogP contribution >= 0.6 is 11.6 Å². The summed E-state index contributed by atoms with van der Waals surface area (Å²) in [4.78, 5) is 5.05. The van der Waals surface area contributed by atoms with E-state index in [0.717, 1.165) is 37.0 Å². The van der Waals surface area contributed by atoms with Crippen LogP contribution in [0.2, 0.25) is 5.02 Å². The van der Waals surface area contributed by atoms with Crippen molar-refractivity contribution in [3.05, 3.63) is 28.8 Å². The van der Waals surface area contributed by atoms with Crippen molar-refractivity contribution in [1.82, 2.24) is 4.90 Å².